The third-order valence-electron chi connectivity index (χ3n) is 3.42. The maximum atomic E-state index is 10.4. The minimum Gasteiger partial charge on any atom is -0.396 e. The Kier molecular flexibility index (Phi) is 4.12. The third kappa shape index (κ3) is 3.51. The SMILES string of the molecule is OCCCc1cn(CC2(O)CCCCC2)nn1. The zero-order valence-electron chi connectivity index (χ0n) is 10.2. The van der Waals surface area contributed by atoms with Gasteiger partial charge in [0.2, 0.25) is 0 Å². The van der Waals surface area contributed by atoms with Crippen LogP contribution in [0.4, 0.5) is 0 Å². The number of rotatable bonds is 5. The molecule has 0 bridgehead atoms. The Bertz CT molecular complexity index is 345. The van der Waals surface area contributed by atoms with Crippen molar-refractivity contribution in [3.8, 4) is 0 Å². The van der Waals surface area contributed by atoms with Crippen molar-refractivity contribution in [1.82, 2.24) is 15.0 Å². The molecule has 96 valence electrons. The van der Waals surface area contributed by atoms with E-state index in [1.165, 1.54) is 6.42 Å². The van der Waals surface area contributed by atoms with Gasteiger partial charge in [0.1, 0.15) is 0 Å². The van der Waals surface area contributed by atoms with Crippen molar-refractivity contribution in [2.75, 3.05) is 6.61 Å². The highest BCUT2D eigenvalue weighted by molar-refractivity contribution is 4.94. The standard InChI is InChI=1S/C12H21N3O2/c16-8-4-5-11-9-15(14-13-11)10-12(17)6-2-1-3-7-12/h9,16-17H,1-8,10H2. The number of aliphatic hydroxyl groups is 2. The van der Waals surface area contributed by atoms with E-state index in [2.05, 4.69) is 10.3 Å². The first kappa shape index (κ1) is 12.5. The molecule has 1 saturated carbocycles. The van der Waals surface area contributed by atoms with Crippen LogP contribution in [0.1, 0.15) is 44.2 Å². The lowest BCUT2D eigenvalue weighted by atomic mass is 9.85. The molecule has 1 aliphatic rings. The summed E-state index contributed by atoms with van der Waals surface area (Å²) in [7, 11) is 0. The summed E-state index contributed by atoms with van der Waals surface area (Å²) >= 11 is 0. The molecule has 1 aliphatic carbocycles. The van der Waals surface area contributed by atoms with E-state index in [4.69, 9.17) is 5.11 Å². The molecule has 0 radical (unpaired) electrons. The van der Waals surface area contributed by atoms with Crippen LogP contribution < -0.4 is 0 Å². The fourth-order valence-corrected chi connectivity index (χ4v) is 2.46. The molecule has 0 amide bonds. The van der Waals surface area contributed by atoms with Gasteiger partial charge in [0, 0.05) is 12.8 Å². The van der Waals surface area contributed by atoms with Crippen molar-refractivity contribution in [1.29, 1.82) is 0 Å². The van der Waals surface area contributed by atoms with Gasteiger partial charge in [-0.3, -0.25) is 0 Å². The first-order chi connectivity index (χ1) is 8.22. The topological polar surface area (TPSA) is 71.2 Å². The monoisotopic (exact) mass is 239 g/mol. The fraction of sp³-hybridized carbons (Fsp3) is 0.833. The van der Waals surface area contributed by atoms with Crippen LogP contribution in [-0.4, -0.2) is 37.4 Å². The molecular weight excluding hydrogens is 218 g/mol. The Morgan fingerprint density at radius 2 is 2.06 bits per heavy atom. The first-order valence-corrected chi connectivity index (χ1v) is 6.44. The van der Waals surface area contributed by atoms with Crippen LogP contribution in [-0.2, 0) is 13.0 Å². The second-order valence-electron chi connectivity index (χ2n) is 5.02. The predicted molar refractivity (Wildman–Crippen MR) is 63.5 cm³/mol. The molecule has 2 rings (SSSR count). The average Bonchev–Trinajstić information content (AvgIpc) is 2.74. The van der Waals surface area contributed by atoms with E-state index in [1.54, 1.807) is 4.68 Å². The van der Waals surface area contributed by atoms with Crippen LogP contribution in [0.25, 0.3) is 0 Å². The molecule has 1 aromatic heterocycles. The quantitative estimate of drug-likeness (QED) is 0.800. The van der Waals surface area contributed by atoms with E-state index in [0.717, 1.165) is 37.8 Å². The molecular formula is C12H21N3O2. The van der Waals surface area contributed by atoms with Gasteiger partial charge in [-0.25, -0.2) is 4.68 Å². The lowest BCUT2D eigenvalue weighted by Crippen LogP contribution is -2.36. The largest absolute Gasteiger partial charge is 0.396 e. The summed E-state index contributed by atoms with van der Waals surface area (Å²) in [5.74, 6) is 0. The molecule has 2 N–H and O–H groups in total. The van der Waals surface area contributed by atoms with Gasteiger partial charge in [0.05, 0.1) is 17.8 Å². The molecule has 0 spiro atoms. The maximum Gasteiger partial charge on any atom is 0.0843 e. The zero-order chi connectivity index (χ0) is 12.1. The minimum absolute atomic E-state index is 0.177. The first-order valence-electron chi connectivity index (χ1n) is 6.44. The molecule has 0 atom stereocenters. The second kappa shape index (κ2) is 5.60. The van der Waals surface area contributed by atoms with E-state index < -0.39 is 5.60 Å². The highest BCUT2D eigenvalue weighted by Gasteiger charge is 2.29. The molecule has 17 heavy (non-hydrogen) atoms. The third-order valence-corrected chi connectivity index (χ3v) is 3.42. The van der Waals surface area contributed by atoms with E-state index in [-0.39, 0.29) is 6.61 Å². The zero-order valence-corrected chi connectivity index (χ0v) is 10.2. The summed E-state index contributed by atoms with van der Waals surface area (Å²) in [5.41, 5.74) is 0.290. The maximum absolute atomic E-state index is 10.4. The fourth-order valence-electron chi connectivity index (χ4n) is 2.46. The summed E-state index contributed by atoms with van der Waals surface area (Å²) in [6, 6.07) is 0. The Balaban J connectivity index is 1.91. The Labute approximate surface area is 101 Å². The number of aromatic nitrogens is 3. The Hall–Kier alpha value is -0.940. The van der Waals surface area contributed by atoms with Crippen LogP contribution in [0.15, 0.2) is 6.20 Å². The summed E-state index contributed by atoms with van der Waals surface area (Å²) < 4.78 is 1.73. The molecule has 0 saturated heterocycles. The number of nitrogens with zero attached hydrogens (tertiary/aromatic N) is 3. The molecule has 1 heterocycles. The van der Waals surface area contributed by atoms with Crippen LogP contribution >= 0.6 is 0 Å². The highest BCUT2D eigenvalue weighted by atomic mass is 16.3. The lowest BCUT2D eigenvalue weighted by Gasteiger charge is -2.31. The van der Waals surface area contributed by atoms with E-state index >= 15 is 0 Å². The van der Waals surface area contributed by atoms with Gasteiger partial charge in [-0.1, -0.05) is 24.5 Å². The van der Waals surface area contributed by atoms with Gasteiger partial charge in [0.25, 0.3) is 0 Å². The van der Waals surface area contributed by atoms with E-state index in [1.807, 2.05) is 6.20 Å². The van der Waals surface area contributed by atoms with Crippen LogP contribution in [0, 0.1) is 0 Å². The van der Waals surface area contributed by atoms with Crippen molar-refractivity contribution in [2.45, 2.75) is 57.1 Å². The van der Waals surface area contributed by atoms with Crippen LogP contribution in [0.3, 0.4) is 0 Å². The van der Waals surface area contributed by atoms with Gasteiger partial charge in [0.15, 0.2) is 0 Å². The van der Waals surface area contributed by atoms with Crippen molar-refractivity contribution in [2.24, 2.45) is 0 Å². The molecule has 0 unspecified atom stereocenters. The van der Waals surface area contributed by atoms with E-state index in [9.17, 15) is 5.11 Å². The summed E-state index contributed by atoms with van der Waals surface area (Å²) in [6.45, 7) is 0.718. The van der Waals surface area contributed by atoms with Gasteiger partial charge in [-0.05, 0) is 25.7 Å². The number of hydrogen-bond acceptors (Lipinski definition) is 4. The number of aliphatic hydroxyl groups excluding tert-OH is 1. The second-order valence-corrected chi connectivity index (χ2v) is 5.02. The molecule has 5 heteroatoms. The van der Waals surface area contributed by atoms with Crippen LogP contribution in [0.5, 0.6) is 0 Å². The summed E-state index contributed by atoms with van der Waals surface area (Å²) in [6.07, 6.45) is 8.48. The Morgan fingerprint density at radius 3 is 2.76 bits per heavy atom. The highest BCUT2D eigenvalue weighted by Crippen LogP contribution is 2.29. The summed E-state index contributed by atoms with van der Waals surface area (Å²) in [4.78, 5) is 0. The van der Waals surface area contributed by atoms with Crippen LogP contribution in [0.2, 0.25) is 0 Å². The summed E-state index contributed by atoms with van der Waals surface area (Å²) in [5, 5.41) is 27.2. The average molecular weight is 239 g/mol. The van der Waals surface area contributed by atoms with Gasteiger partial charge >= 0.3 is 0 Å². The number of hydrogen-bond donors (Lipinski definition) is 2. The van der Waals surface area contributed by atoms with Gasteiger partial charge in [-0.2, -0.15) is 0 Å². The molecule has 0 aromatic carbocycles. The molecule has 0 aliphatic heterocycles. The normalized spacial score (nSPS) is 19.4. The van der Waals surface area contributed by atoms with Crippen molar-refractivity contribution >= 4 is 0 Å². The van der Waals surface area contributed by atoms with E-state index in [0.29, 0.717) is 13.0 Å². The van der Waals surface area contributed by atoms with Gasteiger partial charge in [-0.15, -0.1) is 5.10 Å². The van der Waals surface area contributed by atoms with Gasteiger partial charge < -0.3 is 10.2 Å². The Morgan fingerprint density at radius 1 is 1.29 bits per heavy atom. The van der Waals surface area contributed by atoms with Crippen molar-refractivity contribution in [3.63, 3.8) is 0 Å². The van der Waals surface area contributed by atoms with Crippen molar-refractivity contribution in [3.05, 3.63) is 11.9 Å². The molecule has 5 nitrogen and oxygen atoms in total. The predicted octanol–water partition coefficient (Wildman–Crippen LogP) is 0.898. The minimum atomic E-state index is -0.597. The number of aryl methyl sites for hydroxylation is 1. The lowest BCUT2D eigenvalue weighted by molar-refractivity contribution is -0.0146. The smallest absolute Gasteiger partial charge is 0.0843 e. The molecule has 1 fully saturated rings. The molecule has 1 aromatic rings. The van der Waals surface area contributed by atoms with Crippen molar-refractivity contribution < 1.29 is 10.2 Å².